The minimum absolute atomic E-state index is 0.000176. The average Bonchev–Trinajstić information content (AvgIpc) is 2.78. The molecule has 168 valence electrons. The Balaban J connectivity index is 1.82. The molecular weight excluding hydrogens is 400 g/mol. The van der Waals surface area contributed by atoms with Gasteiger partial charge in [0.2, 0.25) is 5.91 Å². The van der Waals surface area contributed by atoms with E-state index < -0.39 is 6.04 Å². The van der Waals surface area contributed by atoms with Crippen LogP contribution in [0, 0.1) is 6.92 Å². The first-order valence-electron chi connectivity index (χ1n) is 11.1. The number of benzene rings is 3. The van der Waals surface area contributed by atoms with Gasteiger partial charge in [-0.2, -0.15) is 0 Å². The summed E-state index contributed by atoms with van der Waals surface area (Å²) in [5.41, 5.74) is 2.13. The molecule has 3 rings (SSSR count). The molecule has 0 aromatic heterocycles. The number of nitrogens with zero attached hydrogens (tertiary/aromatic N) is 1. The maximum Gasteiger partial charge on any atom is 0.261 e. The Labute approximate surface area is 190 Å². The first kappa shape index (κ1) is 23.3. The molecule has 0 saturated heterocycles. The molecular formula is C27H32N2O3. The van der Waals surface area contributed by atoms with Gasteiger partial charge in [0, 0.05) is 18.0 Å². The second kappa shape index (κ2) is 10.8. The van der Waals surface area contributed by atoms with Crippen LogP contribution in [0.2, 0.25) is 0 Å². The lowest BCUT2D eigenvalue weighted by Crippen LogP contribution is -2.51. The summed E-state index contributed by atoms with van der Waals surface area (Å²) in [5, 5.41) is 4.96. The molecule has 0 bridgehead atoms. The number of aryl methyl sites for hydroxylation is 1. The van der Waals surface area contributed by atoms with E-state index in [-0.39, 0.29) is 24.5 Å². The Morgan fingerprint density at radius 3 is 2.34 bits per heavy atom. The van der Waals surface area contributed by atoms with Crippen LogP contribution in [0.25, 0.3) is 10.8 Å². The van der Waals surface area contributed by atoms with Crippen molar-refractivity contribution in [1.29, 1.82) is 0 Å². The summed E-state index contributed by atoms with van der Waals surface area (Å²) in [6, 6.07) is 21.1. The van der Waals surface area contributed by atoms with Crippen LogP contribution in [0.3, 0.4) is 0 Å². The quantitative estimate of drug-likeness (QED) is 0.525. The standard InChI is InChI=1S/C27H32N2O3/c1-5-24(27(31)28-19(2)3)29(17-21-15-13-20(4)14-16-21)26(30)18-32-25-12-8-10-22-9-6-7-11-23(22)25/h6-16,19,24H,5,17-18H2,1-4H3,(H,28,31). The Morgan fingerprint density at radius 1 is 0.969 bits per heavy atom. The molecule has 1 atom stereocenters. The summed E-state index contributed by atoms with van der Waals surface area (Å²) in [6.45, 7) is 8.00. The van der Waals surface area contributed by atoms with Gasteiger partial charge in [-0.3, -0.25) is 9.59 Å². The van der Waals surface area contributed by atoms with Crippen molar-refractivity contribution in [3.05, 3.63) is 77.9 Å². The number of carbonyl (C=O) groups is 2. The van der Waals surface area contributed by atoms with E-state index in [2.05, 4.69) is 5.32 Å². The van der Waals surface area contributed by atoms with E-state index in [1.807, 2.05) is 94.4 Å². The van der Waals surface area contributed by atoms with Gasteiger partial charge in [-0.05, 0) is 44.2 Å². The van der Waals surface area contributed by atoms with Crippen molar-refractivity contribution in [3.63, 3.8) is 0 Å². The van der Waals surface area contributed by atoms with Crippen molar-refractivity contribution in [2.45, 2.75) is 52.7 Å². The predicted octanol–water partition coefficient (Wildman–Crippen LogP) is 4.86. The monoisotopic (exact) mass is 432 g/mol. The van der Waals surface area contributed by atoms with Crippen LogP contribution in [0.15, 0.2) is 66.7 Å². The molecule has 0 aliphatic carbocycles. The fraction of sp³-hybridized carbons (Fsp3) is 0.333. The van der Waals surface area contributed by atoms with Gasteiger partial charge in [-0.1, -0.05) is 73.2 Å². The molecule has 5 nitrogen and oxygen atoms in total. The highest BCUT2D eigenvalue weighted by molar-refractivity contribution is 5.90. The number of hydrogen-bond donors (Lipinski definition) is 1. The van der Waals surface area contributed by atoms with Crippen LogP contribution in [0.4, 0.5) is 0 Å². The first-order valence-corrected chi connectivity index (χ1v) is 11.1. The minimum Gasteiger partial charge on any atom is -0.483 e. The molecule has 5 heteroatoms. The molecule has 3 aromatic carbocycles. The molecule has 0 fully saturated rings. The van der Waals surface area contributed by atoms with Gasteiger partial charge in [-0.25, -0.2) is 0 Å². The Bertz CT molecular complexity index is 1050. The fourth-order valence-corrected chi connectivity index (χ4v) is 3.73. The van der Waals surface area contributed by atoms with E-state index in [0.29, 0.717) is 18.7 Å². The third kappa shape index (κ3) is 5.88. The summed E-state index contributed by atoms with van der Waals surface area (Å²) in [5.74, 6) is 0.295. The lowest BCUT2D eigenvalue weighted by atomic mass is 10.1. The zero-order valence-corrected chi connectivity index (χ0v) is 19.3. The van der Waals surface area contributed by atoms with Crippen molar-refractivity contribution in [2.75, 3.05) is 6.61 Å². The van der Waals surface area contributed by atoms with E-state index in [9.17, 15) is 9.59 Å². The number of carbonyl (C=O) groups excluding carboxylic acids is 2. The van der Waals surface area contributed by atoms with Crippen LogP contribution in [-0.4, -0.2) is 35.4 Å². The molecule has 0 radical (unpaired) electrons. The van der Waals surface area contributed by atoms with Crippen molar-refractivity contribution >= 4 is 22.6 Å². The van der Waals surface area contributed by atoms with Gasteiger partial charge in [0.05, 0.1) is 0 Å². The van der Waals surface area contributed by atoms with Crippen molar-refractivity contribution in [1.82, 2.24) is 10.2 Å². The summed E-state index contributed by atoms with van der Waals surface area (Å²) in [7, 11) is 0. The highest BCUT2D eigenvalue weighted by atomic mass is 16.5. The Hall–Kier alpha value is -3.34. The van der Waals surface area contributed by atoms with Gasteiger partial charge >= 0.3 is 0 Å². The van der Waals surface area contributed by atoms with E-state index >= 15 is 0 Å². The number of ether oxygens (including phenoxy) is 1. The summed E-state index contributed by atoms with van der Waals surface area (Å²) < 4.78 is 5.95. The summed E-state index contributed by atoms with van der Waals surface area (Å²) in [6.07, 6.45) is 0.518. The molecule has 0 heterocycles. The highest BCUT2D eigenvalue weighted by Crippen LogP contribution is 2.25. The highest BCUT2D eigenvalue weighted by Gasteiger charge is 2.29. The molecule has 0 aliphatic heterocycles. The number of fused-ring (bicyclic) bond motifs is 1. The lowest BCUT2D eigenvalue weighted by Gasteiger charge is -2.31. The largest absolute Gasteiger partial charge is 0.483 e. The van der Waals surface area contributed by atoms with Crippen LogP contribution < -0.4 is 10.1 Å². The smallest absolute Gasteiger partial charge is 0.261 e. The molecule has 0 spiro atoms. The molecule has 0 saturated carbocycles. The van der Waals surface area contributed by atoms with Gasteiger partial charge in [0.15, 0.2) is 6.61 Å². The SMILES string of the molecule is CCC(C(=O)NC(C)C)N(Cc1ccc(C)cc1)C(=O)COc1cccc2ccccc12. The minimum atomic E-state index is -0.567. The van der Waals surface area contributed by atoms with Crippen LogP contribution in [0.5, 0.6) is 5.75 Å². The normalized spacial score (nSPS) is 11.9. The molecule has 1 unspecified atom stereocenters. The molecule has 0 aliphatic rings. The maximum absolute atomic E-state index is 13.3. The van der Waals surface area contributed by atoms with Crippen molar-refractivity contribution in [2.24, 2.45) is 0 Å². The zero-order chi connectivity index (χ0) is 23.1. The van der Waals surface area contributed by atoms with Crippen LogP contribution in [0.1, 0.15) is 38.3 Å². The van der Waals surface area contributed by atoms with Crippen molar-refractivity contribution < 1.29 is 14.3 Å². The van der Waals surface area contributed by atoms with Crippen LogP contribution >= 0.6 is 0 Å². The maximum atomic E-state index is 13.3. The summed E-state index contributed by atoms with van der Waals surface area (Å²) in [4.78, 5) is 27.8. The number of nitrogens with one attached hydrogen (secondary N) is 1. The third-order valence-corrected chi connectivity index (χ3v) is 5.39. The number of amides is 2. The zero-order valence-electron chi connectivity index (χ0n) is 19.3. The number of rotatable bonds is 9. The van der Waals surface area contributed by atoms with Crippen LogP contribution in [-0.2, 0) is 16.1 Å². The molecule has 3 aromatic rings. The molecule has 2 amide bonds. The van der Waals surface area contributed by atoms with E-state index in [1.54, 1.807) is 4.90 Å². The first-order chi connectivity index (χ1) is 15.4. The van der Waals surface area contributed by atoms with Gasteiger partial charge < -0.3 is 15.0 Å². The third-order valence-electron chi connectivity index (χ3n) is 5.39. The van der Waals surface area contributed by atoms with E-state index in [0.717, 1.165) is 21.9 Å². The average molecular weight is 433 g/mol. The second-order valence-electron chi connectivity index (χ2n) is 8.36. The van der Waals surface area contributed by atoms with Gasteiger partial charge in [0.25, 0.3) is 5.91 Å². The summed E-state index contributed by atoms with van der Waals surface area (Å²) >= 11 is 0. The van der Waals surface area contributed by atoms with E-state index in [1.165, 1.54) is 0 Å². The van der Waals surface area contributed by atoms with Gasteiger partial charge in [-0.15, -0.1) is 0 Å². The fourth-order valence-electron chi connectivity index (χ4n) is 3.73. The number of hydrogen-bond acceptors (Lipinski definition) is 3. The second-order valence-corrected chi connectivity index (χ2v) is 8.36. The predicted molar refractivity (Wildman–Crippen MR) is 129 cm³/mol. The van der Waals surface area contributed by atoms with E-state index in [4.69, 9.17) is 4.74 Å². The topological polar surface area (TPSA) is 58.6 Å². The lowest BCUT2D eigenvalue weighted by molar-refractivity contribution is -0.143. The van der Waals surface area contributed by atoms with Crippen molar-refractivity contribution in [3.8, 4) is 5.75 Å². The van der Waals surface area contributed by atoms with Gasteiger partial charge in [0.1, 0.15) is 11.8 Å². The molecule has 32 heavy (non-hydrogen) atoms. The Kier molecular flexibility index (Phi) is 7.87. The molecule has 1 N–H and O–H groups in total. The Morgan fingerprint density at radius 2 is 1.66 bits per heavy atom.